The van der Waals surface area contributed by atoms with Crippen molar-refractivity contribution >= 4 is 16.9 Å². The standard InChI is InChI=1S/C10H18N2S/c1-4-9(2)7-13-8(11-9)12-10(3)5-6-10/h4-7H2,1-3H3,(H,11,12). The summed E-state index contributed by atoms with van der Waals surface area (Å²) in [5.41, 5.74) is 0.572. The summed E-state index contributed by atoms with van der Waals surface area (Å²) in [5, 5.41) is 4.70. The SMILES string of the molecule is CCC1(C)CSC(NC2(C)CC2)=N1. The van der Waals surface area contributed by atoms with Gasteiger partial charge in [-0.15, -0.1) is 0 Å². The molecule has 2 nitrogen and oxygen atoms in total. The quantitative estimate of drug-likeness (QED) is 0.737. The maximum absolute atomic E-state index is 4.73. The Hall–Kier alpha value is -0.180. The van der Waals surface area contributed by atoms with Crippen molar-refractivity contribution in [2.45, 2.75) is 51.1 Å². The Morgan fingerprint density at radius 1 is 1.46 bits per heavy atom. The summed E-state index contributed by atoms with van der Waals surface area (Å²) in [6.07, 6.45) is 3.74. The molecule has 1 fully saturated rings. The Kier molecular flexibility index (Phi) is 2.10. The lowest BCUT2D eigenvalue weighted by Crippen LogP contribution is -2.31. The fourth-order valence-electron chi connectivity index (χ4n) is 1.35. The highest BCUT2D eigenvalue weighted by Gasteiger charge is 2.40. The minimum Gasteiger partial charge on any atom is -0.360 e. The molecule has 1 aliphatic heterocycles. The number of thioether (sulfide) groups is 1. The summed E-state index contributed by atoms with van der Waals surface area (Å²) in [5.74, 6) is 1.14. The van der Waals surface area contributed by atoms with E-state index in [1.807, 2.05) is 11.8 Å². The summed E-state index contributed by atoms with van der Waals surface area (Å²) in [6.45, 7) is 6.73. The fraction of sp³-hybridized carbons (Fsp3) is 0.900. The van der Waals surface area contributed by atoms with Gasteiger partial charge < -0.3 is 5.32 Å². The van der Waals surface area contributed by atoms with Crippen LogP contribution in [-0.4, -0.2) is 22.0 Å². The van der Waals surface area contributed by atoms with Crippen LogP contribution in [0.4, 0.5) is 0 Å². The number of amidine groups is 1. The average Bonchev–Trinajstić information content (AvgIpc) is 2.68. The predicted octanol–water partition coefficient (Wildman–Crippen LogP) is 2.40. The van der Waals surface area contributed by atoms with E-state index in [2.05, 4.69) is 26.1 Å². The maximum Gasteiger partial charge on any atom is 0.157 e. The third kappa shape index (κ3) is 2.01. The molecule has 0 amide bonds. The topological polar surface area (TPSA) is 24.4 Å². The van der Waals surface area contributed by atoms with Crippen molar-refractivity contribution in [2.75, 3.05) is 5.75 Å². The van der Waals surface area contributed by atoms with Crippen molar-refractivity contribution < 1.29 is 0 Å². The minimum atomic E-state index is 0.193. The summed E-state index contributed by atoms with van der Waals surface area (Å²) < 4.78 is 0. The first-order valence-electron chi connectivity index (χ1n) is 5.06. The van der Waals surface area contributed by atoms with Crippen LogP contribution < -0.4 is 5.32 Å². The van der Waals surface area contributed by atoms with Gasteiger partial charge in [0.2, 0.25) is 0 Å². The van der Waals surface area contributed by atoms with Crippen LogP contribution in [-0.2, 0) is 0 Å². The van der Waals surface area contributed by atoms with Crippen LogP contribution >= 0.6 is 11.8 Å². The first-order valence-corrected chi connectivity index (χ1v) is 6.05. The number of hydrogen-bond acceptors (Lipinski definition) is 3. The Labute approximate surface area is 84.6 Å². The normalized spacial score (nSPS) is 35.8. The van der Waals surface area contributed by atoms with Gasteiger partial charge in [0.15, 0.2) is 5.17 Å². The molecule has 0 aromatic carbocycles. The Morgan fingerprint density at radius 3 is 2.62 bits per heavy atom. The molecule has 1 saturated carbocycles. The molecule has 13 heavy (non-hydrogen) atoms. The van der Waals surface area contributed by atoms with Crippen LogP contribution in [0.15, 0.2) is 4.99 Å². The monoisotopic (exact) mass is 198 g/mol. The second-order valence-electron chi connectivity index (χ2n) is 4.74. The van der Waals surface area contributed by atoms with Gasteiger partial charge in [0.25, 0.3) is 0 Å². The number of hydrogen-bond donors (Lipinski definition) is 1. The molecular formula is C10H18N2S. The third-order valence-electron chi connectivity index (χ3n) is 3.06. The molecule has 2 rings (SSSR count). The van der Waals surface area contributed by atoms with Gasteiger partial charge in [0, 0.05) is 11.3 Å². The average molecular weight is 198 g/mol. The number of nitrogens with one attached hydrogen (secondary N) is 1. The van der Waals surface area contributed by atoms with Gasteiger partial charge in [-0.25, -0.2) is 0 Å². The van der Waals surface area contributed by atoms with E-state index in [9.17, 15) is 0 Å². The predicted molar refractivity (Wildman–Crippen MR) is 59.4 cm³/mol. The van der Waals surface area contributed by atoms with Gasteiger partial charge in [0.05, 0.1) is 5.54 Å². The summed E-state index contributed by atoms with van der Waals surface area (Å²) in [4.78, 5) is 4.73. The van der Waals surface area contributed by atoms with Crippen molar-refractivity contribution in [1.82, 2.24) is 5.32 Å². The second kappa shape index (κ2) is 2.91. The van der Waals surface area contributed by atoms with Gasteiger partial charge in [-0.3, -0.25) is 4.99 Å². The van der Waals surface area contributed by atoms with Crippen molar-refractivity contribution in [1.29, 1.82) is 0 Å². The van der Waals surface area contributed by atoms with Crippen molar-refractivity contribution in [3.8, 4) is 0 Å². The van der Waals surface area contributed by atoms with E-state index >= 15 is 0 Å². The van der Waals surface area contributed by atoms with Crippen molar-refractivity contribution in [3.63, 3.8) is 0 Å². The molecule has 3 heteroatoms. The van der Waals surface area contributed by atoms with Crippen molar-refractivity contribution in [2.24, 2.45) is 4.99 Å². The Morgan fingerprint density at radius 2 is 2.15 bits per heavy atom. The zero-order chi connectivity index (χ0) is 9.53. The van der Waals surface area contributed by atoms with E-state index in [0.717, 1.165) is 12.2 Å². The molecule has 1 atom stereocenters. The number of aliphatic imine (C=N–C) groups is 1. The second-order valence-corrected chi connectivity index (χ2v) is 5.71. The fourth-order valence-corrected chi connectivity index (χ4v) is 2.67. The molecular weight excluding hydrogens is 180 g/mol. The molecule has 0 saturated heterocycles. The number of nitrogens with zero attached hydrogens (tertiary/aromatic N) is 1. The number of rotatable bonds is 2. The molecule has 0 aromatic rings. The maximum atomic E-state index is 4.73. The van der Waals surface area contributed by atoms with E-state index in [4.69, 9.17) is 4.99 Å². The van der Waals surface area contributed by atoms with E-state index in [1.54, 1.807) is 0 Å². The zero-order valence-corrected chi connectivity index (χ0v) is 9.50. The lowest BCUT2D eigenvalue weighted by Gasteiger charge is -2.15. The largest absolute Gasteiger partial charge is 0.360 e. The summed E-state index contributed by atoms with van der Waals surface area (Å²) in [7, 11) is 0. The summed E-state index contributed by atoms with van der Waals surface area (Å²) in [6, 6.07) is 0. The molecule has 0 bridgehead atoms. The molecule has 1 unspecified atom stereocenters. The highest BCUT2D eigenvalue weighted by molar-refractivity contribution is 8.14. The minimum absolute atomic E-state index is 0.193. The van der Waals surface area contributed by atoms with Crippen LogP contribution in [0.5, 0.6) is 0 Å². The molecule has 0 aromatic heterocycles. The van der Waals surface area contributed by atoms with Crippen LogP contribution in [0.2, 0.25) is 0 Å². The molecule has 1 aliphatic carbocycles. The molecule has 2 aliphatic rings. The van der Waals surface area contributed by atoms with Crippen LogP contribution in [0, 0.1) is 0 Å². The van der Waals surface area contributed by atoms with Gasteiger partial charge in [-0.05, 0) is 33.1 Å². The molecule has 74 valence electrons. The summed E-state index contributed by atoms with van der Waals surface area (Å²) >= 11 is 1.88. The van der Waals surface area contributed by atoms with Gasteiger partial charge in [0.1, 0.15) is 0 Å². The van der Waals surface area contributed by atoms with E-state index in [0.29, 0.717) is 5.54 Å². The van der Waals surface area contributed by atoms with E-state index < -0.39 is 0 Å². The zero-order valence-electron chi connectivity index (χ0n) is 8.68. The van der Waals surface area contributed by atoms with E-state index in [1.165, 1.54) is 18.0 Å². The van der Waals surface area contributed by atoms with Gasteiger partial charge in [-0.1, -0.05) is 18.7 Å². The molecule has 0 radical (unpaired) electrons. The van der Waals surface area contributed by atoms with Crippen LogP contribution in [0.3, 0.4) is 0 Å². The van der Waals surface area contributed by atoms with E-state index in [-0.39, 0.29) is 5.54 Å². The highest BCUT2D eigenvalue weighted by atomic mass is 32.2. The molecule has 1 N–H and O–H groups in total. The lowest BCUT2D eigenvalue weighted by atomic mass is 10.0. The van der Waals surface area contributed by atoms with Crippen LogP contribution in [0.1, 0.15) is 40.0 Å². The third-order valence-corrected chi connectivity index (χ3v) is 4.29. The van der Waals surface area contributed by atoms with Gasteiger partial charge >= 0.3 is 0 Å². The van der Waals surface area contributed by atoms with Crippen molar-refractivity contribution in [3.05, 3.63) is 0 Å². The van der Waals surface area contributed by atoms with Crippen LogP contribution in [0.25, 0.3) is 0 Å². The highest BCUT2D eigenvalue weighted by Crippen LogP contribution is 2.37. The van der Waals surface area contributed by atoms with Gasteiger partial charge in [-0.2, -0.15) is 0 Å². The molecule has 1 heterocycles. The first kappa shape index (κ1) is 9.38. The Balaban J connectivity index is 1.98. The lowest BCUT2D eigenvalue weighted by molar-refractivity contribution is 0.519. The first-order chi connectivity index (χ1) is 6.05. The Bertz CT molecular complexity index is 245. The molecule has 0 spiro atoms. The smallest absolute Gasteiger partial charge is 0.157 e.